The molecule has 9 nitrogen and oxygen atoms in total. The van der Waals surface area contributed by atoms with Crippen LogP contribution >= 0.6 is 0 Å². The summed E-state index contributed by atoms with van der Waals surface area (Å²) in [5, 5.41) is 32.0. The van der Waals surface area contributed by atoms with Crippen LogP contribution < -0.4 is 16.8 Å². The number of nitrogens with one attached hydrogen (secondary N) is 1. The quantitative estimate of drug-likeness (QED) is 0.167. The van der Waals surface area contributed by atoms with E-state index in [2.05, 4.69) is 10.3 Å². The zero-order valence-corrected chi connectivity index (χ0v) is 19.2. The van der Waals surface area contributed by atoms with Gasteiger partial charge in [-0.05, 0) is 12.8 Å². The fraction of sp³-hybridized carbons (Fsp3) is 0.706. The van der Waals surface area contributed by atoms with Gasteiger partial charge in [-0.2, -0.15) is 13.8 Å². The molecule has 0 aromatic heterocycles. The summed E-state index contributed by atoms with van der Waals surface area (Å²) in [6.07, 6.45) is 1.60. The van der Waals surface area contributed by atoms with Crippen molar-refractivity contribution < 1.29 is 57.6 Å². The Morgan fingerprint density at radius 2 is 1.85 bits per heavy atom. The number of aliphatic hydroxyl groups is 2. The number of carbonyl (C=O) groups is 2. The smallest absolute Gasteiger partial charge is 0.276 e. The molecular weight excluding hydrogens is 429 g/mol. The minimum atomic E-state index is -1.27. The van der Waals surface area contributed by atoms with Crippen LogP contribution in [0.15, 0.2) is 4.99 Å². The number of rotatable bonds is 7. The minimum Gasteiger partial charge on any atom is -0.483 e. The molecule has 0 bridgehead atoms. The number of aliphatic hydroxyl groups excluding tert-OH is 2. The SMILES string of the molecule is CC[C@H](O)[C@H](O)[C@@H](NC(C)=O)[C@@H]1[CH-][C@@H](C(=O)O)C[C@H]1N=C(N)N.C[CH-]C.[Y]. The Bertz CT molecular complexity index is 488. The Balaban J connectivity index is 0. The van der Waals surface area contributed by atoms with E-state index >= 15 is 0 Å². The van der Waals surface area contributed by atoms with Crippen LogP contribution in [0.2, 0.25) is 0 Å². The van der Waals surface area contributed by atoms with E-state index in [4.69, 9.17) is 11.5 Å². The number of carbonyl (C=O) groups excluding carboxylic acids is 1. The molecule has 1 fully saturated rings. The van der Waals surface area contributed by atoms with Gasteiger partial charge in [-0.15, -0.1) is 5.92 Å². The second-order valence-corrected chi connectivity index (χ2v) is 6.34. The van der Waals surface area contributed by atoms with E-state index in [1.807, 2.05) is 20.3 Å². The minimum absolute atomic E-state index is 0. The maximum atomic E-state index is 11.5. The third-order valence-electron chi connectivity index (χ3n) is 3.99. The van der Waals surface area contributed by atoms with E-state index in [1.54, 1.807) is 6.92 Å². The van der Waals surface area contributed by atoms with E-state index < -0.39 is 48.0 Å². The third-order valence-corrected chi connectivity index (χ3v) is 3.99. The Labute approximate surface area is 186 Å². The normalized spacial score (nSPS) is 24.3. The predicted molar refractivity (Wildman–Crippen MR) is 98.7 cm³/mol. The number of nitrogens with zero attached hydrogens (tertiary/aromatic N) is 1. The third kappa shape index (κ3) is 9.83. The van der Waals surface area contributed by atoms with Crippen molar-refractivity contribution in [1.29, 1.82) is 0 Å². The zero-order chi connectivity index (χ0) is 20.4. The van der Waals surface area contributed by atoms with Crippen LogP contribution in [-0.4, -0.2) is 57.4 Å². The molecule has 1 saturated carbocycles. The van der Waals surface area contributed by atoms with Gasteiger partial charge in [0.25, 0.3) is 5.97 Å². The number of carboxylic acids is 1. The van der Waals surface area contributed by atoms with Crippen LogP contribution in [0, 0.1) is 24.7 Å². The molecule has 0 aliphatic heterocycles. The van der Waals surface area contributed by atoms with Crippen molar-refractivity contribution in [3.8, 4) is 0 Å². The first-order valence-electron chi connectivity index (χ1n) is 8.62. The number of guanidine groups is 1. The number of amides is 1. The molecule has 155 valence electrons. The summed E-state index contributed by atoms with van der Waals surface area (Å²) in [5.41, 5.74) is 10.8. The molecule has 10 heteroatoms. The van der Waals surface area contributed by atoms with Gasteiger partial charge in [-0.1, -0.05) is 12.8 Å². The molecule has 1 amide bonds. The van der Waals surface area contributed by atoms with Crippen molar-refractivity contribution in [3.63, 3.8) is 0 Å². The van der Waals surface area contributed by atoms with Gasteiger partial charge >= 0.3 is 0 Å². The standard InChI is InChI=1S/C14H25N4O5.C3H7.Y/c1-3-10(20)12(21)11(17-6(2)19)8-4-7(13(22)23)5-9(8)18-14(15)16;1-3-2;/h4,7-12,20-21H,3,5H2,1-2H3,(H,17,19)(H,22,23)(H4,15,16,18);3H,1-2H3;/q2*-1;/t7-,8-,9-,10+,11+,12+;;/m1../s1. The van der Waals surface area contributed by atoms with Crippen molar-refractivity contribution in [2.75, 3.05) is 0 Å². The number of aliphatic imine (C=N–C) groups is 1. The molecule has 1 rings (SSSR count). The number of nitrogens with two attached hydrogens (primary N) is 2. The first kappa shape index (κ1) is 28.4. The van der Waals surface area contributed by atoms with E-state index in [0.717, 1.165) is 0 Å². The average molecular weight is 461 g/mol. The van der Waals surface area contributed by atoms with Gasteiger partial charge in [0.15, 0.2) is 5.96 Å². The van der Waals surface area contributed by atoms with E-state index in [0.29, 0.717) is 0 Å². The van der Waals surface area contributed by atoms with Gasteiger partial charge in [0.1, 0.15) is 0 Å². The summed E-state index contributed by atoms with van der Waals surface area (Å²) in [6, 6.07) is -1.49. The van der Waals surface area contributed by atoms with Gasteiger partial charge in [-0.25, -0.2) is 0 Å². The molecule has 0 spiro atoms. The maximum absolute atomic E-state index is 11.5. The van der Waals surface area contributed by atoms with Crippen molar-refractivity contribution in [3.05, 3.63) is 12.8 Å². The van der Waals surface area contributed by atoms with Crippen LogP contribution in [0.3, 0.4) is 0 Å². The second-order valence-electron chi connectivity index (χ2n) is 6.34. The number of aliphatic carboxylic acids is 1. The van der Waals surface area contributed by atoms with E-state index in [-0.39, 0.29) is 51.5 Å². The Hall–Kier alpha value is -0.766. The van der Waals surface area contributed by atoms with Gasteiger partial charge < -0.3 is 44.9 Å². The van der Waals surface area contributed by atoms with Crippen LogP contribution in [0.1, 0.15) is 40.5 Å². The van der Waals surface area contributed by atoms with Gasteiger partial charge in [0.05, 0.1) is 12.2 Å². The molecule has 0 unspecified atom stereocenters. The van der Waals surface area contributed by atoms with Crippen molar-refractivity contribution in [2.45, 2.75) is 64.8 Å². The summed E-state index contributed by atoms with van der Waals surface area (Å²) in [5.74, 6) is -3.05. The molecule has 1 radical (unpaired) electrons. The summed E-state index contributed by atoms with van der Waals surface area (Å²) in [4.78, 5) is 26.7. The van der Waals surface area contributed by atoms with Gasteiger partial charge in [-0.3, -0.25) is 14.6 Å². The monoisotopic (exact) mass is 461 g/mol. The first-order valence-corrected chi connectivity index (χ1v) is 8.62. The van der Waals surface area contributed by atoms with Crippen LogP contribution in [0.25, 0.3) is 0 Å². The molecule has 0 saturated heterocycles. The van der Waals surface area contributed by atoms with Crippen molar-refractivity contribution in [1.82, 2.24) is 5.32 Å². The first-order chi connectivity index (χ1) is 12.1. The summed E-state index contributed by atoms with van der Waals surface area (Å²) < 4.78 is 0. The van der Waals surface area contributed by atoms with Crippen molar-refractivity contribution in [2.24, 2.45) is 28.3 Å². The molecular formula is C17H32N4O5Y-2. The topological polar surface area (TPSA) is 171 Å². The maximum Gasteiger partial charge on any atom is 0.276 e. The van der Waals surface area contributed by atoms with Crippen LogP contribution in [-0.2, 0) is 42.3 Å². The largest absolute Gasteiger partial charge is 0.483 e. The number of carboxylic acid groups (broad SMARTS) is 1. The molecule has 0 heterocycles. The summed E-state index contributed by atoms with van der Waals surface area (Å²) >= 11 is 0. The predicted octanol–water partition coefficient (Wildman–Crippen LogP) is -0.582. The Kier molecular flexibility index (Phi) is 15.0. The van der Waals surface area contributed by atoms with Crippen molar-refractivity contribution >= 4 is 17.8 Å². The van der Waals surface area contributed by atoms with Gasteiger partial charge in [0.2, 0.25) is 5.91 Å². The summed E-state index contributed by atoms with van der Waals surface area (Å²) in [7, 11) is 0. The molecule has 0 aromatic carbocycles. The average Bonchev–Trinajstić information content (AvgIpc) is 2.94. The van der Waals surface area contributed by atoms with Crippen LogP contribution in [0.5, 0.6) is 0 Å². The fourth-order valence-electron chi connectivity index (χ4n) is 2.89. The van der Waals surface area contributed by atoms with E-state index in [1.165, 1.54) is 13.3 Å². The van der Waals surface area contributed by atoms with Crippen LogP contribution in [0.4, 0.5) is 0 Å². The Morgan fingerprint density at radius 3 is 2.22 bits per heavy atom. The molecule has 0 aromatic rings. The zero-order valence-electron chi connectivity index (χ0n) is 16.4. The molecule has 1 aliphatic rings. The fourth-order valence-corrected chi connectivity index (χ4v) is 2.89. The molecule has 1 aliphatic carbocycles. The Morgan fingerprint density at radius 1 is 1.33 bits per heavy atom. The molecule has 6 atom stereocenters. The van der Waals surface area contributed by atoms with E-state index in [9.17, 15) is 24.9 Å². The van der Waals surface area contributed by atoms with Gasteiger partial charge in [0, 0.05) is 51.7 Å². The molecule has 8 N–H and O–H groups in total. The second kappa shape index (κ2) is 14.3. The molecule has 27 heavy (non-hydrogen) atoms. The number of hydrogen-bond acceptors (Lipinski definition) is 5. The number of hydrogen-bond donors (Lipinski definition) is 6. The summed E-state index contributed by atoms with van der Waals surface area (Å²) in [6.45, 7) is 6.96.